The lowest BCUT2D eigenvalue weighted by Gasteiger charge is -2.40. The van der Waals surface area contributed by atoms with E-state index in [0.29, 0.717) is 19.3 Å². The summed E-state index contributed by atoms with van der Waals surface area (Å²) in [6, 6.07) is -1.23. The molecule has 1 rings (SSSR count). The lowest BCUT2D eigenvalue weighted by atomic mass is 9.99. The van der Waals surface area contributed by atoms with Gasteiger partial charge in [0.1, 0.15) is 36.6 Å². The summed E-state index contributed by atoms with van der Waals surface area (Å²) in [5, 5.41) is 75.6. The van der Waals surface area contributed by atoms with Gasteiger partial charge in [0.2, 0.25) is 5.91 Å². The lowest BCUT2D eigenvalue weighted by molar-refractivity contribution is -0.303. The zero-order valence-electron chi connectivity index (χ0n) is 41.7. The van der Waals surface area contributed by atoms with E-state index in [1.54, 1.807) is 6.08 Å². The fourth-order valence-corrected chi connectivity index (χ4v) is 8.10. The minimum absolute atomic E-state index is 0.0368. The van der Waals surface area contributed by atoms with Crippen LogP contribution in [0.4, 0.5) is 0 Å². The second kappa shape index (κ2) is 44.0. The second-order valence-corrected chi connectivity index (χ2v) is 18.6. The van der Waals surface area contributed by atoms with Crippen molar-refractivity contribution in [1.29, 1.82) is 0 Å². The molecule has 11 heteroatoms. The largest absolute Gasteiger partial charge is 0.394 e. The highest BCUT2D eigenvalue weighted by molar-refractivity contribution is 5.81. The number of hydrogen-bond donors (Lipinski definition) is 8. The van der Waals surface area contributed by atoms with E-state index in [2.05, 4.69) is 67.8 Å². The number of unbranched alkanes of at least 4 members (excludes halogenated alkanes) is 23. The summed E-state index contributed by atoms with van der Waals surface area (Å²) in [4.78, 5) is 13.0. The van der Waals surface area contributed by atoms with E-state index in [-0.39, 0.29) is 12.8 Å². The molecule has 0 aliphatic carbocycles. The number of aliphatic hydroxyl groups is 7. The third-order valence-electron chi connectivity index (χ3n) is 12.5. The van der Waals surface area contributed by atoms with E-state index < -0.39 is 74.2 Å². The maximum Gasteiger partial charge on any atom is 0.249 e. The number of nitrogens with one attached hydrogen (secondary N) is 1. The SMILES string of the molecule is CCCCCCCC/C=C\C/C=C\CC(O)C(=O)NC(COC1OC(CO)C(O)C(O)C1O)C(O)C(O)CCC/C=C/CC/C=C/CC/C=C/CCCCCCCCCCCCCCCC. The molecule has 0 bridgehead atoms. The number of carbonyl (C=O) groups is 1. The molecule has 1 amide bonds. The fourth-order valence-electron chi connectivity index (χ4n) is 8.10. The van der Waals surface area contributed by atoms with Gasteiger partial charge >= 0.3 is 0 Å². The maximum atomic E-state index is 13.0. The Morgan fingerprint density at radius 2 is 0.970 bits per heavy atom. The number of allylic oxidation sites excluding steroid dienone is 9. The van der Waals surface area contributed by atoms with Crippen LogP contribution in [0.3, 0.4) is 0 Å². The maximum absolute atomic E-state index is 13.0. The quantitative estimate of drug-likeness (QED) is 0.0216. The third-order valence-corrected chi connectivity index (χ3v) is 12.5. The molecule has 0 aromatic heterocycles. The predicted molar refractivity (Wildman–Crippen MR) is 270 cm³/mol. The van der Waals surface area contributed by atoms with Crippen LogP contribution in [0.1, 0.15) is 213 Å². The molecule has 0 saturated carbocycles. The first kappa shape index (κ1) is 61.8. The van der Waals surface area contributed by atoms with Crippen LogP contribution in [-0.4, -0.2) is 110 Å². The standard InChI is InChI=1S/C55H99NO10/c1-3-5-7-9-11-13-15-17-18-19-20-21-22-23-24-25-26-27-28-29-30-31-33-34-36-38-40-42-47(58)50(60)46(45-65-55-53(63)52(62)51(61)49(44-57)66-55)56-54(64)48(59)43-41-39-37-35-32-16-14-12-10-8-6-4-2/h25-26,29-30,32,34-36,39,41,46-53,55,57-63H,3-24,27-28,31,33,37-38,40,42-45H2,1-2H3,(H,56,64)/b26-25+,30-29+,35-32-,36-34+,41-39-. The Morgan fingerprint density at radius 3 is 1.45 bits per heavy atom. The molecule has 11 nitrogen and oxygen atoms in total. The molecule has 0 radical (unpaired) electrons. The first-order valence-electron chi connectivity index (χ1n) is 26.7. The van der Waals surface area contributed by atoms with Gasteiger partial charge in [-0.3, -0.25) is 4.79 Å². The summed E-state index contributed by atoms with van der Waals surface area (Å²) >= 11 is 0. The van der Waals surface area contributed by atoms with Crippen molar-refractivity contribution < 1.29 is 50.0 Å². The van der Waals surface area contributed by atoms with E-state index in [0.717, 1.165) is 38.5 Å². The molecule has 66 heavy (non-hydrogen) atoms. The van der Waals surface area contributed by atoms with Crippen molar-refractivity contribution in [3.63, 3.8) is 0 Å². The summed E-state index contributed by atoms with van der Waals surface area (Å²) in [5.74, 6) is -0.782. The molecule has 1 saturated heterocycles. The van der Waals surface area contributed by atoms with Crippen molar-refractivity contribution in [3.05, 3.63) is 60.8 Å². The molecule has 8 N–H and O–H groups in total. The summed E-state index contributed by atoms with van der Waals surface area (Å²) < 4.78 is 11.1. The van der Waals surface area contributed by atoms with Crippen molar-refractivity contribution in [1.82, 2.24) is 5.32 Å². The van der Waals surface area contributed by atoms with Crippen LogP contribution in [0.2, 0.25) is 0 Å². The van der Waals surface area contributed by atoms with E-state index >= 15 is 0 Å². The van der Waals surface area contributed by atoms with Gasteiger partial charge in [0.15, 0.2) is 6.29 Å². The minimum atomic E-state index is -1.69. The van der Waals surface area contributed by atoms with Gasteiger partial charge < -0.3 is 50.5 Å². The smallest absolute Gasteiger partial charge is 0.249 e. The van der Waals surface area contributed by atoms with Crippen molar-refractivity contribution in [3.8, 4) is 0 Å². The second-order valence-electron chi connectivity index (χ2n) is 18.6. The van der Waals surface area contributed by atoms with Crippen molar-refractivity contribution in [2.75, 3.05) is 13.2 Å². The Hall–Kier alpha value is -2.19. The van der Waals surface area contributed by atoms with Gasteiger partial charge in [-0.25, -0.2) is 0 Å². The summed E-state index contributed by atoms with van der Waals surface area (Å²) in [6.07, 6.45) is 44.6. The number of hydrogen-bond acceptors (Lipinski definition) is 10. The Balaban J connectivity index is 2.38. The Kier molecular flexibility index (Phi) is 41.3. The van der Waals surface area contributed by atoms with Crippen LogP contribution in [0, 0.1) is 0 Å². The predicted octanol–water partition coefficient (Wildman–Crippen LogP) is 10.3. The summed E-state index contributed by atoms with van der Waals surface area (Å²) in [5.41, 5.74) is 0. The Morgan fingerprint density at radius 1 is 0.545 bits per heavy atom. The first-order valence-corrected chi connectivity index (χ1v) is 26.7. The first-order chi connectivity index (χ1) is 32.2. The molecule has 1 aliphatic rings. The molecule has 1 heterocycles. The van der Waals surface area contributed by atoms with Gasteiger partial charge in [-0.05, 0) is 77.0 Å². The molecular formula is C55H99NO10. The molecule has 0 aromatic rings. The van der Waals surface area contributed by atoms with E-state index in [1.165, 1.54) is 128 Å². The van der Waals surface area contributed by atoms with Gasteiger partial charge in [0.25, 0.3) is 0 Å². The highest BCUT2D eigenvalue weighted by atomic mass is 16.7. The van der Waals surface area contributed by atoms with Crippen molar-refractivity contribution >= 4 is 5.91 Å². The molecule has 9 unspecified atom stereocenters. The Bertz CT molecular complexity index is 1250. The molecular weight excluding hydrogens is 835 g/mol. The normalized spacial score (nSPS) is 21.3. The van der Waals surface area contributed by atoms with Gasteiger partial charge in [-0.15, -0.1) is 0 Å². The highest BCUT2D eigenvalue weighted by Crippen LogP contribution is 2.23. The van der Waals surface area contributed by atoms with Crippen molar-refractivity contribution in [2.24, 2.45) is 0 Å². The van der Waals surface area contributed by atoms with Crippen LogP contribution < -0.4 is 5.32 Å². The number of rotatable bonds is 44. The fraction of sp³-hybridized carbons (Fsp3) is 0.800. The van der Waals surface area contributed by atoms with Crippen LogP contribution in [0.25, 0.3) is 0 Å². The molecule has 1 aliphatic heterocycles. The number of amides is 1. The average Bonchev–Trinajstić information content (AvgIpc) is 3.32. The topological polar surface area (TPSA) is 189 Å². The molecule has 0 aromatic carbocycles. The van der Waals surface area contributed by atoms with Gasteiger partial charge in [-0.2, -0.15) is 0 Å². The molecule has 0 spiro atoms. The van der Waals surface area contributed by atoms with Crippen LogP contribution in [0.5, 0.6) is 0 Å². The van der Waals surface area contributed by atoms with E-state index in [4.69, 9.17) is 9.47 Å². The van der Waals surface area contributed by atoms with E-state index in [1.807, 2.05) is 6.08 Å². The zero-order chi connectivity index (χ0) is 48.3. The van der Waals surface area contributed by atoms with Crippen molar-refractivity contribution in [2.45, 2.75) is 268 Å². The molecule has 384 valence electrons. The van der Waals surface area contributed by atoms with E-state index in [9.17, 15) is 40.5 Å². The summed E-state index contributed by atoms with van der Waals surface area (Å²) in [6.45, 7) is 3.37. The minimum Gasteiger partial charge on any atom is -0.394 e. The third kappa shape index (κ3) is 32.5. The van der Waals surface area contributed by atoms with Gasteiger partial charge in [0, 0.05) is 6.42 Å². The van der Waals surface area contributed by atoms with Crippen LogP contribution in [0.15, 0.2) is 60.8 Å². The average molecular weight is 934 g/mol. The number of carbonyl (C=O) groups excluding carboxylic acids is 1. The van der Waals surface area contributed by atoms with Gasteiger partial charge in [0.05, 0.1) is 25.4 Å². The zero-order valence-corrected chi connectivity index (χ0v) is 41.7. The van der Waals surface area contributed by atoms with Gasteiger partial charge in [-0.1, -0.05) is 190 Å². The molecule has 9 atom stereocenters. The van der Waals surface area contributed by atoms with Crippen LogP contribution in [-0.2, 0) is 14.3 Å². The van der Waals surface area contributed by atoms with Crippen LogP contribution >= 0.6 is 0 Å². The monoisotopic (exact) mass is 934 g/mol. The molecule has 1 fully saturated rings. The highest BCUT2D eigenvalue weighted by Gasteiger charge is 2.44. The lowest BCUT2D eigenvalue weighted by Crippen LogP contribution is -2.60. The number of ether oxygens (including phenoxy) is 2. The number of aliphatic hydroxyl groups excluding tert-OH is 7. The summed E-state index contributed by atoms with van der Waals surface area (Å²) in [7, 11) is 0. The Labute approximate surface area is 401 Å².